The van der Waals surface area contributed by atoms with Crippen LogP contribution in [0.2, 0.25) is 0 Å². The quantitative estimate of drug-likeness (QED) is 0.750. The van der Waals surface area contributed by atoms with Crippen LogP contribution in [0, 0.1) is 6.92 Å². The molecule has 3 rings (SSSR count). The Morgan fingerprint density at radius 2 is 2.11 bits per heavy atom. The lowest BCUT2D eigenvalue weighted by Gasteiger charge is -1.91. The van der Waals surface area contributed by atoms with E-state index < -0.39 is 6.10 Å². The number of hydrogen-bond donors (Lipinski definition) is 1. The third kappa shape index (κ3) is 1.78. The molecule has 5 nitrogen and oxygen atoms in total. The third-order valence-electron chi connectivity index (χ3n) is 2.70. The molecule has 0 aliphatic carbocycles. The summed E-state index contributed by atoms with van der Waals surface area (Å²) < 4.78 is 10.7. The predicted octanol–water partition coefficient (Wildman–Crippen LogP) is 2.84. The van der Waals surface area contributed by atoms with Gasteiger partial charge in [0.25, 0.3) is 5.89 Å². The minimum Gasteiger partial charge on any atom is -0.451 e. The van der Waals surface area contributed by atoms with Crippen molar-refractivity contribution in [3.63, 3.8) is 0 Å². The largest absolute Gasteiger partial charge is 0.451 e. The van der Waals surface area contributed by atoms with Crippen LogP contribution in [0.5, 0.6) is 0 Å². The number of rotatable bonds is 2. The lowest BCUT2D eigenvalue weighted by molar-refractivity contribution is 0.184. The van der Waals surface area contributed by atoms with Gasteiger partial charge in [-0.2, -0.15) is 4.98 Å². The molecule has 0 spiro atoms. The highest BCUT2D eigenvalue weighted by molar-refractivity contribution is 5.82. The van der Waals surface area contributed by atoms with Crippen LogP contribution in [0.4, 0.5) is 0 Å². The maximum atomic E-state index is 9.34. The lowest BCUT2D eigenvalue weighted by Crippen LogP contribution is -1.92. The monoisotopic (exact) mass is 244 g/mol. The van der Waals surface area contributed by atoms with Gasteiger partial charge in [0.2, 0.25) is 5.82 Å². The van der Waals surface area contributed by atoms with Crippen LogP contribution in [-0.4, -0.2) is 15.2 Å². The molecule has 5 heteroatoms. The van der Waals surface area contributed by atoms with Gasteiger partial charge in [-0.25, -0.2) is 0 Å². The van der Waals surface area contributed by atoms with Crippen molar-refractivity contribution in [2.24, 2.45) is 0 Å². The topological polar surface area (TPSA) is 72.3 Å². The van der Waals surface area contributed by atoms with Crippen LogP contribution in [-0.2, 0) is 0 Å². The Bertz CT molecular complexity index is 697. The van der Waals surface area contributed by atoms with Gasteiger partial charge in [0, 0.05) is 5.39 Å². The number of benzene rings is 1. The van der Waals surface area contributed by atoms with E-state index in [1.165, 1.54) is 0 Å². The van der Waals surface area contributed by atoms with Crippen LogP contribution in [0.25, 0.3) is 22.6 Å². The number of aryl methyl sites for hydroxylation is 1. The Hall–Kier alpha value is -2.14. The second-order valence-corrected chi connectivity index (χ2v) is 4.29. The van der Waals surface area contributed by atoms with E-state index in [2.05, 4.69) is 10.1 Å². The molecule has 1 atom stereocenters. The van der Waals surface area contributed by atoms with Gasteiger partial charge in [0.15, 0.2) is 5.76 Å². The van der Waals surface area contributed by atoms with Crippen LogP contribution < -0.4 is 0 Å². The fraction of sp³-hybridized carbons (Fsp3) is 0.231. The first kappa shape index (κ1) is 11.0. The van der Waals surface area contributed by atoms with Crippen molar-refractivity contribution in [1.82, 2.24) is 10.1 Å². The fourth-order valence-electron chi connectivity index (χ4n) is 1.77. The van der Waals surface area contributed by atoms with Gasteiger partial charge < -0.3 is 14.0 Å². The zero-order valence-corrected chi connectivity index (χ0v) is 10.0. The number of aliphatic hydroxyl groups excluding tert-OH is 1. The molecule has 0 aliphatic rings. The minimum atomic E-state index is -0.755. The van der Waals surface area contributed by atoms with E-state index in [1.54, 1.807) is 6.92 Å². The molecule has 0 bridgehead atoms. The van der Waals surface area contributed by atoms with Crippen molar-refractivity contribution in [3.05, 3.63) is 35.7 Å². The fourth-order valence-corrected chi connectivity index (χ4v) is 1.77. The summed E-state index contributed by atoms with van der Waals surface area (Å²) in [6, 6.07) is 7.75. The number of furan rings is 1. The first-order chi connectivity index (χ1) is 8.63. The van der Waals surface area contributed by atoms with E-state index in [-0.39, 0.29) is 11.7 Å². The van der Waals surface area contributed by atoms with Crippen LogP contribution in [0.15, 0.2) is 33.2 Å². The van der Waals surface area contributed by atoms with Crippen molar-refractivity contribution in [1.29, 1.82) is 0 Å². The molecule has 1 unspecified atom stereocenters. The van der Waals surface area contributed by atoms with Gasteiger partial charge >= 0.3 is 0 Å². The average Bonchev–Trinajstić information content (AvgIpc) is 2.93. The van der Waals surface area contributed by atoms with Crippen molar-refractivity contribution >= 4 is 11.0 Å². The molecule has 0 amide bonds. The molecular formula is C13H12N2O3. The Kier molecular flexibility index (Phi) is 2.41. The molecule has 0 saturated heterocycles. The van der Waals surface area contributed by atoms with E-state index in [1.807, 2.05) is 31.2 Å². The number of fused-ring (bicyclic) bond motifs is 1. The summed E-state index contributed by atoms with van der Waals surface area (Å²) in [6.45, 7) is 3.60. The van der Waals surface area contributed by atoms with E-state index in [0.717, 1.165) is 16.5 Å². The third-order valence-corrected chi connectivity index (χ3v) is 2.70. The van der Waals surface area contributed by atoms with E-state index in [4.69, 9.17) is 8.94 Å². The van der Waals surface area contributed by atoms with Gasteiger partial charge in [0.05, 0.1) is 0 Å². The van der Waals surface area contributed by atoms with Crippen LogP contribution >= 0.6 is 0 Å². The average molecular weight is 244 g/mol. The summed E-state index contributed by atoms with van der Waals surface area (Å²) in [5.74, 6) is 1.04. The molecule has 0 fully saturated rings. The van der Waals surface area contributed by atoms with Gasteiger partial charge in [0.1, 0.15) is 11.7 Å². The Labute approximate surface area is 103 Å². The summed E-state index contributed by atoms with van der Waals surface area (Å²) in [5, 5.41) is 14.0. The summed E-state index contributed by atoms with van der Waals surface area (Å²) >= 11 is 0. The summed E-state index contributed by atoms with van der Waals surface area (Å²) in [4.78, 5) is 4.08. The minimum absolute atomic E-state index is 0.252. The number of nitrogens with zero attached hydrogens (tertiary/aromatic N) is 2. The predicted molar refractivity (Wildman–Crippen MR) is 64.9 cm³/mol. The molecule has 0 saturated carbocycles. The molecule has 0 radical (unpaired) electrons. The lowest BCUT2D eigenvalue weighted by atomic mass is 10.2. The van der Waals surface area contributed by atoms with Crippen molar-refractivity contribution < 1.29 is 14.0 Å². The number of aromatic nitrogens is 2. The molecule has 2 aromatic heterocycles. The van der Waals surface area contributed by atoms with Crippen LogP contribution in [0.3, 0.4) is 0 Å². The molecule has 1 N–H and O–H groups in total. The van der Waals surface area contributed by atoms with Crippen molar-refractivity contribution in [2.45, 2.75) is 20.0 Å². The zero-order valence-electron chi connectivity index (χ0n) is 10.0. The molecule has 92 valence electrons. The molecule has 18 heavy (non-hydrogen) atoms. The Balaban J connectivity index is 2.07. The second kappa shape index (κ2) is 3.96. The second-order valence-electron chi connectivity index (χ2n) is 4.29. The maximum absolute atomic E-state index is 9.34. The van der Waals surface area contributed by atoms with Crippen molar-refractivity contribution in [3.8, 4) is 11.7 Å². The highest BCUT2D eigenvalue weighted by Gasteiger charge is 2.16. The van der Waals surface area contributed by atoms with Gasteiger partial charge in [-0.3, -0.25) is 0 Å². The van der Waals surface area contributed by atoms with E-state index >= 15 is 0 Å². The summed E-state index contributed by atoms with van der Waals surface area (Å²) in [5.41, 5.74) is 1.93. The van der Waals surface area contributed by atoms with Gasteiger partial charge in [-0.15, -0.1) is 0 Å². The molecule has 2 heterocycles. The highest BCUT2D eigenvalue weighted by Crippen LogP contribution is 2.27. The molecule has 3 aromatic rings. The van der Waals surface area contributed by atoms with Gasteiger partial charge in [-0.05, 0) is 32.0 Å². The molecule has 1 aromatic carbocycles. The first-order valence-electron chi connectivity index (χ1n) is 5.66. The standard InChI is InChI=1S/C13H12N2O3/c1-7-3-4-10-9(5-7)6-11(17-10)13-14-12(8(2)16)15-18-13/h3-6,8,16H,1-2H3. The Morgan fingerprint density at radius 3 is 2.83 bits per heavy atom. The van der Waals surface area contributed by atoms with E-state index in [0.29, 0.717) is 5.76 Å². The zero-order chi connectivity index (χ0) is 12.7. The van der Waals surface area contributed by atoms with Crippen LogP contribution in [0.1, 0.15) is 24.4 Å². The smallest absolute Gasteiger partial charge is 0.293 e. The maximum Gasteiger partial charge on any atom is 0.293 e. The van der Waals surface area contributed by atoms with Crippen molar-refractivity contribution in [2.75, 3.05) is 0 Å². The number of hydrogen-bond acceptors (Lipinski definition) is 5. The summed E-state index contributed by atoms with van der Waals surface area (Å²) in [6.07, 6.45) is -0.755. The SMILES string of the molecule is Cc1ccc2oc(-c3nc(C(C)O)no3)cc2c1. The number of aliphatic hydroxyl groups is 1. The van der Waals surface area contributed by atoms with Gasteiger partial charge in [-0.1, -0.05) is 16.8 Å². The Morgan fingerprint density at radius 1 is 1.28 bits per heavy atom. The van der Waals surface area contributed by atoms with E-state index in [9.17, 15) is 5.11 Å². The summed E-state index contributed by atoms with van der Waals surface area (Å²) in [7, 11) is 0. The highest BCUT2D eigenvalue weighted by atomic mass is 16.5. The first-order valence-corrected chi connectivity index (χ1v) is 5.66. The normalized spacial score (nSPS) is 13.1. The molecular weight excluding hydrogens is 232 g/mol. The molecule has 0 aliphatic heterocycles.